The molecule has 3 rings (SSSR count). The van der Waals surface area contributed by atoms with Crippen LogP contribution in [0.2, 0.25) is 0 Å². The van der Waals surface area contributed by atoms with Crippen LogP contribution in [0.25, 0.3) is 0 Å². The summed E-state index contributed by atoms with van der Waals surface area (Å²) in [6.45, 7) is 2.24. The number of hydrogen-bond donors (Lipinski definition) is 0. The first-order valence-corrected chi connectivity index (χ1v) is 5.60. The standard InChI is InChI=1S/C14H15.2ClH.Zr/c1-2-10-9-14(11-5-3-4-6-11)13-8-7-12(10)13;;;/h3-5,14H,2,6-8H2,1H3;2*1H;/q-1;;;+3/p-2. The van der Waals surface area contributed by atoms with Gasteiger partial charge < -0.3 is 24.8 Å². The van der Waals surface area contributed by atoms with E-state index < -0.39 is 0 Å². The fourth-order valence-electron chi connectivity index (χ4n) is 2.72. The molecule has 1 radical (unpaired) electrons. The molecule has 0 nitrogen and oxygen atoms in total. The van der Waals surface area contributed by atoms with Crippen LogP contribution in [0.5, 0.6) is 0 Å². The van der Waals surface area contributed by atoms with Crippen LogP contribution in [0, 0.1) is 12.0 Å². The molecule has 0 aromatic rings. The van der Waals surface area contributed by atoms with E-state index in [-0.39, 0.29) is 51.0 Å². The molecular weight excluding hydrogens is 330 g/mol. The van der Waals surface area contributed by atoms with Crippen LogP contribution in [0.4, 0.5) is 0 Å². The van der Waals surface area contributed by atoms with Gasteiger partial charge in [0.15, 0.2) is 0 Å². The van der Waals surface area contributed by atoms with E-state index in [0.29, 0.717) is 5.92 Å². The summed E-state index contributed by atoms with van der Waals surface area (Å²) in [5.41, 5.74) is 6.38. The first kappa shape index (κ1) is 17.4. The second kappa shape index (κ2) is 7.12. The maximum Gasteiger partial charge on any atom is 3.00 e. The third-order valence-corrected chi connectivity index (χ3v) is 3.59. The monoisotopic (exact) mass is 343 g/mol. The molecule has 3 heteroatoms. The van der Waals surface area contributed by atoms with Gasteiger partial charge in [-0.25, -0.2) is 5.57 Å². The largest absolute Gasteiger partial charge is 3.00 e. The maximum atomic E-state index is 3.68. The summed E-state index contributed by atoms with van der Waals surface area (Å²) < 4.78 is 0. The fraction of sp³-hybridized carbons (Fsp3) is 0.429. The molecule has 3 aliphatic carbocycles. The van der Waals surface area contributed by atoms with Crippen molar-refractivity contribution in [2.75, 3.05) is 0 Å². The van der Waals surface area contributed by atoms with Gasteiger partial charge in [-0.1, -0.05) is 55.9 Å². The molecule has 0 fully saturated rings. The van der Waals surface area contributed by atoms with Crippen LogP contribution in [0.15, 0.2) is 40.5 Å². The molecule has 1 unspecified atom stereocenters. The Labute approximate surface area is 135 Å². The Balaban J connectivity index is 0.000000853. The molecule has 0 aromatic heterocycles. The average molecular weight is 345 g/mol. The van der Waals surface area contributed by atoms with E-state index >= 15 is 0 Å². The van der Waals surface area contributed by atoms with E-state index in [1.165, 1.54) is 18.4 Å². The molecular formula is C14H15Cl2Zr. The second-order valence-electron chi connectivity index (χ2n) is 4.29. The number of hydrogen-bond acceptors (Lipinski definition) is 0. The SMILES string of the molecule is CCC1=[C-]C(C2=CC=CC2)C2=C1CC2.[Cl-].[Cl-].[Zr+3]. The zero-order chi connectivity index (χ0) is 9.54. The van der Waals surface area contributed by atoms with E-state index in [9.17, 15) is 0 Å². The van der Waals surface area contributed by atoms with Crippen molar-refractivity contribution >= 4 is 0 Å². The van der Waals surface area contributed by atoms with E-state index in [4.69, 9.17) is 0 Å². The van der Waals surface area contributed by atoms with Crippen LogP contribution < -0.4 is 24.8 Å². The first-order chi connectivity index (χ1) is 6.90. The quantitative estimate of drug-likeness (QED) is 0.496. The molecule has 1 atom stereocenters. The fourth-order valence-corrected chi connectivity index (χ4v) is 2.72. The predicted molar refractivity (Wildman–Crippen MR) is 58.6 cm³/mol. The normalized spacial score (nSPS) is 23.7. The molecule has 0 aliphatic heterocycles. The molecule has 0 saturated carbocycles. The summed E-state index contributed by atoms with van der Waals surface area (Å²) in [5.74, 6) is 0.559. The van der Waals surface area contributed by atoms with Crippen molar-refractivity contribution < 1.29 is 51.0 Å². The molecule has 0 aromatic carbocycles. The minimum Gasteiger partial charge on any atom is -1.00 e. The van der Waals surface area contributed by atoms with Crippen molar-refractivity contribution in [3.05, 3.63) is 46.6 Å². The van der Waals surface area contributed by atoms with Gasteiger partial charge in [-0.15, -0.1) is 0 Å². The number of halogens is 2. The van der Waals surface area contributed by atoms with Crippen molar-refractivity contribution in [3.63, 3.8) is 0 Å². The second-order valence-corrected chi connectivity index (χ2v) is 4.29. The summed E-state index contributed by atoms with van der Waals surface area (Å²) in [6, 6.07) is 0. The predicted octanol–water partition coefficient (Wildman–Crippen LogP) is -2.26. The summed E-state index contributed by atoms with van der Waals surface area (Å²) in [7, 11) is 0. The van der Waals surface area contributed by atoms with Gasteiger partial charge in [-0.3, -0.25) is 6.08 Å². The average Bonchev–Trinajstić information content (AvgIpc) is 2.71. The van der Waals surface area contributed by atoms with Gasteiger partial charge in [0.1, 0.15) is 0 Å². The molecule has 0 saturated heterocycles. The number of rotatable bonds is 2. The van der Waals surface area contributed by atoms with Gasteiger partial charge in [0.25, 0.3) is 0 Å². The van der Waals surface area contributed by atoms with E-state index in [2.05, 4.69) is 31.2 Å². The Bertz CT molecular complexity index is 402. The zero-order valence-corrected chi connectivity index (χ0v) is 13.9. The van der Waals surface area contributed by atoms with Crippen LogP contribution in [0.1, 0.15) is 32.6 Å². The van der Waals surface area contributed by atoms with Crippen LogP contribution in [-0.4, -0.2) is 0 Å². The Morgan fingerprint density at radius 1 is 1.29 bits per heavy atom. The molecule has 0 spiro atoms. The topological polar surface area (TPSA) is 0 Å². The molecule has 0 heterocycles. The Morgan fingerprint density at radius 3 is 2.47 bits per heavy atom. The van der Waals surface area contributed by atoms with Gasteiger partial charge in [0, 0.05) is 0 Å². The Morgan fingerprint density at radius 2 is 2.06 bits per heavy atom. The van der Waals surface area contributed by atoms with E-state index in [1.54, 1.807) is 16.7 Å². The summed E-state index contributed by atoms with van der Waals surface area (Å²) in [6.07, 6.45) is 15.3. The summed E-state index contributed by atoms with van der Waals surface area (Å²) in [4.78, 5) is 0. The van der Waals surface area contributed by atoms with E-state index in [0.717, 1.165) is 12.8 Å². The molecule has 17 heavy (non-hydrogen) atoms. The Kier molecular flexibility index (Phi) is 7.30. The van der Waals surface area contributed by atoms with Gasteiger partial charge in [0.2, 0.25) is 0 Å². The van der Waals surface area contributed by atoms with Gasteiger partial charge in [-0.2, -0.15) is 11.1 Å². The van der Waals surface area contributed by atoms with Gasteiger partial charge >= 0.3 is 26.2 Å². The summed E-state index contributed by atoms with van der Waals surface area (Å²) >= 11 is 0. The van der Waals surface area contributed by atoms with Gasteiger partial charge in [0.05, 0.1) is 0 Å². The van der Waals surface area contributed by atoms with Crippen molar-refractivity contribution in [2.45, 2.75) is 32.6 Å². The molecule has 0 N–H and O–H groups in total. The van der Waals surface area contributed by atoms with Crippen molar-refractivity contribution in [2.24, 2.45) is 5.92 Å². The minimum absolute atomic E-state index is 0. The smallest absolute Gasteiger partial charge is 1.00 e. The zero-order valence-electron chi connectivity index (χ0n) is 9.89. The van der Waals surface area contributed by atoms with Gasteiger partial charge in [-0.05, 0) is 6.42 Å². The van der Waals surface area contributed by atoms with E-state index in [1.807, 2.05) is 0 Å². The van der Waals surface area contributed by atoms with Crippen molar-refractivity contribution in [1.29, 1.82) is 0 Å². The van der Waals surface area contributed by atoms with Crippen LogP contribution in [-0.2, 0) is 26.2 Å². The van der Waals surface area contributed by atoms with Crippen molar-refractivity contribution in [3.8, 4) is 0 Å². The van der Waals surface area contributed by atoms with Crippen molar-refractivity contribution in [1.82, 2.24) is 0 Å². The minimum atomic E-state index is 0. The molecule has 0 amide bonds. The molecule has 0 bridgehead atoms. The number of allylic oxidation sites excluding steroid dienone is 8. The first-order valence-electron chi connectivity index (χ1n) is 5.60. The van der Waals surface area contributed by atoms with Crippen LogP contribution in [0.3, 0.4) is 0 Å². The van der Waals surface area contributed by atoms with Crippen LogP contribution >= 0.6 is 0 Å². The molecule has 3 aliphatic rings. The third kappa shape index (κ3) is 2.88. The third-order valence-electron chi connectivity index (χ3n) is 3.59. The molecule has 89 valence electrons. The Hall–Kier alpha value is 0.423. The maximum absolute atomic E-state index is 3.68. The summed E-state index contributed by atoms with van der Waals surface area (Å²) in [5, 5.41) is 0.